The zero-order valence-corrected chi connectivity index (χ0v) is 13.5. The molecule has 0 amide bonds. The Morgan fingerprint density at radius 3 is 2.19 bits per heavy atom. The van der Waals surface area contributed by atoms with Gasteiger partial charge in [0.15, 0.2) is 0 Å². The third-order valence-electron chi connectivity index (χ3n) is 3.96. The van der Waals surface area contributed by atoms with Crippen LogP contribution in [0.3, 0.4) is 0 Å². The summed E-state index contributed by atoms with van der Waals surface area (Å²) < 4.78 is 1.80. The van der Waals surface area contributed by atoms with Gasteiger partial charge in [0.2, 0.25) is 0 Å². The van der Waals surface area contributed by atoms with Crippen LogP contribution in [0.25, 0.3) is 0 Å². The van der Waals surface area contributed by atoms with Crippen LogP contribution in [0.5, 0.6) is 0 Å². The lowest BCUT2D eigenvalue weighted by Crippen LogP contribution is -2.31. The molecule has 1 unspecified atom stereocenters. The minimum Gasteiger partial charge on any atom is -0.320 e. The summed E-state index contributed by atoms with van der Waals surface area (Å²) in [6, 6.07) is 9.74. The highest BCUT2D eigenvalue weighted by Crippen LogP contribution is 2.22. The van der Waals surface area contributed by atoms with E-state index >= 15 is 0 Å². The summed E-state index contributed by atoms with van der Waals surface area (Å²) in [5, 5.41) is 0. The SMILES string of the molecule is Cc1ccc(C(N)c2ccc(C)n(C(C)C)c2=O)c(C)c1. The van der Waals surface area contributed by atoms with Crippen molar-refractivity contribution in [2.24, 2.45) is 5.73 Å². The first-order valence-corrected chi connectivity index (χ1v) is 7.37. The second-order valence-corrected chi connectivity index (χ2v) is 6.04. The molecule has 2 rings (SSSR count). The summed E-state index contributed by atoms with van der Waals surface area (Å²) in [4.78, 5) is 12.7. The lowest BCUT2D eigenvalue weighted by molar-refractivity contribution is 0.554. The molecule has 1 heterocycles. The molecule has 0 spiro atoms. The zero-order chi connectivity index (χ0) is 15.7. The molecule has 1 aromatic carbocycles. The van der Waals surface area contributed by atoms with Gasteiger partial charge in [0.25, 0.3) is 5.56 Å². The minimum atomic E-state index is -0.385. The van der Waals surface area contributed by atoms with E-state index < -0.39 is 0 Å². The number of nitrogens with two attached hydrogens (primary N) is 1. The van der Waals surface area contributed by atoms with Crippen LogP contribution in [0, 0.1) is 20.8 Å². The summed E-state index contributed by atoms with van der Waals surface area (Å²) in [5.74, 6) is 0. The van der Waals surface area contributed by atoms with Crippen molar-refractivity contribution >= 4 is 0 Å². The Morgan fingerprint density at radius 2 is 1.62 bits per heavy atom. The Balaban J connectivity index is 2.56. The molecule has 0 aliphatic rings. The van der Waals surface area contributed by atoms with E-state index in [1.807, 2.05) is 52.0 Å². The van der Waals surface area contributed by atoms with Gasteiger partial charge in [-0.3, -0.25) is 4.79 Å². The summed E-state index contributed by atoms with van der Waals surface area (Å²) in [7, 11) is 0. The number of hydrogen-bond donors (Lipinski definition) is 1. The van der Waals surface area contributed by atoms with Crippen molar-refractivity contribution in [1.29, 1.82) is 0 Å². The molecule has 1 aromatic heterocycles. The molecule has 112 valence electrons. The molecule has 0 bridgehead atoms. The van der Waals surface area contributed by atoms with Crippen LogP contribution in [0.15, 0.2) is 35.1 Å². The Hall–Kier alpha value is -1.87. The maximum atomic E-state index is 12.7. The van der Waals surface area contributed by atoms with Crippen LogP contribution >= 0.6 is 0 Å². The molecule has 0 radical (unpaired) electrons. The highest BCUT2D eigenvalue weighted by atomic mass is 16.1. The number of nitrogens with zero attached hydrogens (tertiary/aromatic N) is 1. The van der Waals surface area contributed by atoms with Gasteiger partial charge >= 0.3 is 0 Å². The van der Waals surface area contributed by atoms with E-state index in [0.717, 1.165) is 16.8 Å². The first-order chi connectivity index (χ1) is 9.82. The highest BCUT2D eigenvalue weighted by molar-refractivity contribution is 5.38. The number of aromatic nitrogens is 1. The zero-order valence-electron chi connectivity index (χ0n) is 13.5. The van der Waals surface area contributed by atoms with Crippen molar-refractivity contribution in [1.82, 2.24) is 4.57 Å². The van der Waals surface area contributed by atoms with E-state index in [1.54, 1.807) is 4.57 Å². The number of aryl methyl sites for hydroxylation is 3. The standard InChI is InChI=1S/C18H24N2O/c1-11(2)20-14(5)7-9-16(18(20)21)17(19)15-8-6-12(3)10-13(15)4/h6-11,17H,19H2,1-5H3. The summed E-state index contributed by atoms with van der Waals surface area (Å²) in [6.07, 6.45) is 0. The topological polar surface area (TPSA) is 48.0 Å². The molecule has 0 aliphatic carbocycles. The van der Waals surface area contributed by atoms with Crippen LogP contribution in [0.4, 0.5) is 0 Å². The maximum absolute atomic E-state index is 12.7. The van der Waals surface area contributed by atoms with Crippen molar-refractivity contribution in [3.63, 3.8) is 0 Å². The van der Waals surface area contributed by atoms with Crippen molar-refractivity contribution in [3.05, 3.63) is 68.6 Å². The Bertz CT molecular complexity index is 714. The van der Waals surface area contributed by atoms with Crippen LogP contribution in [-0.4, -0.2) is 4.57 Å². The monoisotopic (exact) mass is 284 g/mol. The molecular weight excluding hydrogens is 260 g/mol. The first-order valence-electron chi connectivity index (χ1n) is 7.37. The lowest BCUT2D eigenvalue weighted by atomic mass is 9.95. The summed E-state index contributed by atoms with van der Waals surface area (Å²) in [6.45, 7) is 10.1. The third kappa shape index (κ3) is 2.93. The normalized spacial score (nSPS) is 12.7. The molecule has 0 saturated heterocycles. The number of rotatable bonds is 3. The van der Waals surface area contributed by atoms with Gasteiger partial charge in [-0.15, -0.1) is 0 Å². The van der Waals surface area contributed by atoms with E-state index in [4.69, 9.17) is 5.73 Å². The van der Waals surface area contributed by atoms with Gasteiger partial charge in [-0.1, -0.05) is 23.8 Å². The number of benzene rings is 1. The molecule has 1 atom stereocenters. The van der Waals surface area contributed by atoms with Crippen LogP contribution in [0.2, 0.25) is 0 Å². The second-order valence-electron chi connectivity index (χ2n) is 6.04. The van der Waals surface area contributed by atoms with Gasteiger partial charge < -0.3 is 10.3 Å². The Morgan fingerprint density at radius 1 is 1.00 bits per heavy atom. The average Bonchev–Trinajstić information content (AvgIpc) is 2.37. The van der Waals surface area contributed by atoms with Crippen LogP contribution in [-0.2, 0) is 0 Å². The fraction of sp³-hybridized carbons (Fsp3) is 0.389. The highest BCUT2D eigenvalue weighted by Gasteiger charge is 2.17. The quantitative estimate of drug-likeness (QED) is 0.939. The first kappa shape index (κ1) is 15.5. The van der Waals surface area contributed by atoms with E-state index in [9.17, 15) is 4.79 Å². The van der Waals surface area contributed by atoms with Crippen molar-refractivity contribution in [2.45, 2.75) is 46.7 Å². The fourth-order valence-corrected chi connectivity index (χ4v) is 2.88. The number of pyridine rings is 1. The van der Waals surface area contributed by atoms with Crippen LogP contribution < -0.4 is 11.3 Å². The maximum Gasteiger partial charge on any atom is 0.256 e. The molecular formula is C18H24N2O. The summed E-state index contributed by atoms with van der Waals surface area (Å²) >= 11 is 0. The van der Waals surface area contributed by atoms with E-state index in [-0.39, 0.29) is 17.6 Å². The van der Waals surface area contributed by atoms with Gasteiger partial charge in [0.1, 0.15) is 0 Å². The lowest BCUT2D eigenvalue weighted by Gasteiger charge is -2.20. The molecule has 0 fully saturated rings. The van der Waals surface area contributed by atoms with E-state index in [1.165, 1.54) is 5.56 Å². The molecule has 2 aromatic rings. The predicted octanol–water partition coefficient (Wildman–Crippen LogP) is 3.40. The van der Waals surface area contributed by atoms with Gasteiger partial charge in [0.05, 0.1) is 6.04 Å². The van der Waals surface area contributed by atoms with E-state index in [0.29, 0.717) is 5.56 Å². The van der Waals surface area contributed by atoms with Crippen molar-refractivity contribution in [3.8, 4) is 0 Å². The molecule has 21 heavy (non-hydrogen) atoms. The molecule has 3 nitrogen and oxygen atoms in total. The fourth-order valence-electron chi connectivity index (χ4n) is 2.88. The van der Waals surface area contributed by atoms with Gasteiger partial charge in [-0.25, -0.2) is 0 Å². The molecule has 2 N–H and O–H groups in total. The Labute approximate surface area is 126 Å². The predicted molar refractivity (Wildman–Crippen MR) is 87.8 cm³/mol. The molecule has 0 saturated carbocycles. The Kier molecular flexibility index (Phi) is 4.33. The minimum absolute atomic E-state index is 0.0116. The molecule has 3 heteroatoms. The van der Waals surface area contributed by atoms with Gasteiger partial charge in [0, 0.05) is 17.3 Å². The summed E-state index contributed by atoms with van der Waals surface area (Å²) in [5.41, 5.74) is 11.3. The molecule has 0 aliphatic heterocycles. The average molecular weight is 284 g/mol. The smallest absolute Gasteiger partial charge is 0.256 e. The van der Waals surface area contributed by atoms with Crippen molar-refractivity contribution in [2.75, 3.05) is 0 Å². The van der Waals surface area contributed by atoms with Gasteiger partial charge in [-0.2, -0.15) is 0 Å². The third-order valence-corrected chi connectivity index (χ3v) is 3.96. The largest absolute Gasteiger partial charge is 0.320 e. The van der Waals surface area contributed by atoms with Crippen molar-refractivity contribution < 1.29 is 0 Å². The van der Waals surface area contributed by atoms with Crippen LogP contribution in [0.1, 0.15) is 53.9 Å². The second kappa shape index (κ2) is 5.86. The van der Waals surface area contributed by atoms with E-state index in [2.05, 4.69) is 13.0 Å². The van der Waals surface area contributed by atoms with Gasteiger partial charge in [-0.05, 0) is 57.9 Å². The number of hydrogen-bond acceptors (Lipinski definition) is 2.